The second kappa shape index (κ2) is 9.99. The lowest BCUT2D eigenvalue weighted by Crippen LogP contribution is -2.38. The minimum Gasteiger partial charge on any atom is -0.492 e. The van der Waals surface area contributed by atoms with Crippen molar-refractivity contribution in [3.63, 3.8) is 0 Å². The molecule has 0 aliphatic carbocycles. The van der Waals surface area contributed by atoms with Crippen LogP contribution in [0.4, 0.5) is 4.79 Å². The van der Waals surface area contributed by atoms with Gasteiger partial charge in [0, 0.05) is 0 Å². The van der Waals surface area contributed by atoms with Crippen LogP contribution in [-0.2, 0) is 14.3 Å². The monoisotopic (exact) mass is 366 g/mol. The fraction of sp³-hybridized carbons (Fsp3) is 0.632. The molecule has 2 atom stereocenters. The molecule has 1 aromatic heterocycles. The number of ether oxygens (including phenoxy) is 3. The van der Waals surface area contributed by atoms with Gasteiger partial charge in [-0.15, -0.1) is 0 Å². The van der Waals surface area contributed by atoms with E-state index < -0.39 is 23.7 Å². The zero-order chi connectivity index (χ0) is 19.7. The Morgan fingerprint density at radius 1 is 1.27 bits per heavy atom. The lowest BCUT2D eigenvalue weighted by molar-refractivity contribution is -0.143. The molecule has 0 fully saturated rings. The van der Waals surface area contributed by atoms with Crippen LogP contribution in [-0.4, -0.2) is 36.4 Å². The van der Waals surface area contributed by atoms with Gasteiger partial charge in [0.15, 0.2) is 6.04 Å². The number of esters is 1. The van der Waals surface area contributed by atoms with Crippen molar-refractivity contribution < 1.29 is 23.8 Å². The molecule has 1 amide bonds. The molecule has 0 saturated carbocycles. The first-order valence-corrected chi connectivity index (χ1v) is 8.82. The number of amides is 1. The van der Waals surface area contributed by atoms with Crippen molar-refractivity contribution >= 4 is 12.1 Å². The molecule has 26 heavy (non-hydrogen) atoms. The van der Waals surface area contributed by atoms with Crippen LogP contribution in [0.25, 0.3) is 0 Å². The summed E-state index contributed by atoms with van der Waals surface area (Å²) in [4.78, 5) is 28.2. The number of alkyl carbamates (subject to hydrolysis) is 1. The molecule has 1 rings (SSSR count). The number of methoxy groups -OCH3 is 1. The van der Waals surface area contributed by atoms with Crippen LogP contribution in [0.5, 0.6) is 5.75 Å². The maximum Gasteiger partial charge on any atom is 0.408 e. The first-order chi connectivity index (χ1) is 12.2. The largest absolute Gasteiger partial charge is 0.492 e. The van der Waals surface area contributed by atoms with E-state index in [4.69, 9.17) is 14.2 Å². The highest BCUT2D eigenvalue weighted by atomic mass is 16.6. The smallest absolute Gasteiger partial charge is 0.408 e. The number of hydrogen-bond donors (Lipinski definition) is 1. The Kier molecular flexibility index (Phi) is 8.35. The van der Waals surface area contributed by atoms with Crippen molar-refractivity contribution in [2.45, 2.75) is 59.1 Å². The summed E-state index contributed by atoms with van der Waals surface area (Å²) in [6.45, 7) is 10.1. The van der Waals surface area contributed by atoms with Crippen LogP contribution in [0.3, 0.4) is 0 Å². The van der Waals surface area contributed by atoms with E-state index >= 15 is 0 Å². The fourth-order valence-corrected chi connectivity index (χ4v) is 2.26. The molecule has 0 saturated heterocycles. The SMILES string of the molecule is CCCC(C)COc1ccc(C(NC(=O)OC(C)(C)C)C(=O)OC)nc1. The highest BCUT2D eigenvalue weighted by molar-refractivity contribution is 5.82. The van der Waals surface area contributed by atoms with Gasteiger partial charge >= 0.3 is 12.1 Å². The molecule has 0 spiro atoms. The number of aromatic nitrogens is 1. The molecule has 7 heteroatoms. The van der Waals surface area contributed by atoms with Crippen LogP contribution in [0, 0.1) is 5.92 Å². The number of nitrogens with one attached hydrogen (secondary N) is 1. The number of carbonyl (C=O) groups excluding carboxylic acids is 2. The average Bonchev–Trinajstić information content (AvgIpc) is 2.56. The molecular formula is C19H30N2O5. The normalized spacial score (nSPS) is 13.5. The molecule has 1 N–H and O–H groups in total. The number of rotatable bonds is 8. The van der Waals surface area contributed by atoms with E-state index in [1.165, 1.54) is 13.3 Å². The fourth-order valence-electron chi connectivity index (χ4n) is 2.26. The Morgan fingerprint density at radius 2 is 1.96 bits per heavy atom. The van der Waals surface area contributed by atoms with E-state index in [-0.39, 0.29) is 0 Å². The zero-order valence-electron chi connectivity index (χ0n) is 16.5. The number of nitrogens with zero attached hydrogens (tertiary/aromatic N) is 1. The molecule has 146 valence electrons. The summed E-state index contributed by atoms with van der Waals surface area (Å²) in [5.74, 6) is 0.433. The first-order valence-electron chi connectivity index (χ1n) is 8.82. The van der Waals surface area contributed by atoms with Gasteiger partial charge in [-0.1, -0.05) is 20.3 Å². The lowest BCUT2D eigenvalue weighted by Gasteiger charge is -2.22. The zero-order valence-corrected chi connectivity index (χ0v) is 16.5. The van der Waals surface area contributed by atoms with Gasteiger partial charge in [0.05, 0.1) is 25.6 Å². The van der Waals surface area contributed by atoms with Crippen molar-refractivity contribution in [1.82, 2.24) is 10.3 Å². The second-order valence-electron chi connectivity index (χ2n) is 7.23. The van der Waals surface area contributed by atoms with Gasteiger partial charge in [-0.3, -0.25) is 4.98 Å². The molecule has 1 heterocycles. The molecule has 0 aliphatic heterocycles. The molecular weight excluding hydrogens is 336 g/mol. The Morgan fingerprint density at radius 3 is 2.46 bits per heavy atom. The summed E-state index contributed by atoms with van der Waals surface area (Å²) in [7, 11) is 1.25. The maximum atomic E-state index is 12.0. The highest BCUT2D eigenvalue weighted by Crippen LogP contribution is 2.18. The minimum atomic E-state index is -1.05. The molecule has 0 aliphatic rings. The number of hydrogen-bond acceptors (Lipinski definition) is 6. The lowest BCUT2D eigenvalue weighted by atomic mass is 10.1. The topological polar surface area (TPSA) is 86.8 Å². The third-order valence-corrected chi connectivity index (χ3v) is 3.47. The van der Waals surface area contributed by atoms with Gasteiger partial charge in [0.2, 0.25) is 0 Å². The van der Waals surface area contributed by atoms with Gasteiger partial charge in [-0.05, 0) is 45.2 Å². The number of pyridine rings is 1. The van der Waals surface area contributed by atoms with E-state index in [0.29, 0.717) is 24.0 Å². The van der Waals surface area contributed by atoms with Crippen molar-refractivity contribution in [3.05, 3.63) is 24.0 Å². The summed E-state index contributed by atoms with van der Waals surface area (Å²) in [5.41, 5.74) is -0.331. The van der Waals surface area contributed by atoms with E-state index in [1.54, 1.807) is 32.9 Å². The number of carbonyl (C=O) groups is 2. The Bertz CT molecular complexity index is 581. The Balaban J connectivity index is 2.79. The van der Waals surface area contributed by atoms with Gasteiger partial charge in [-0.25, -0.2) is 9.59 Å². The predicted octanol–water partition coefficient (Wildman–Crippen LogP) is 3.64. The Hall–Kier alpha value is -2.31. The minimum absolute atomic E-state index is 0.344. The summed E-state index contributed by atoms with van der Waals surface area (Å²) < 4.78 is 15.6. The molecule has 7 nitrogen and oxygen atoms in total. The van der Waals surface area contributed by atoms with E-state index in [9.17, 15) is 9.59 Å². The molecule has 0 bridgehead atoms. The predicted molar refractivity (Wildman–Crippen MR) is 97.9 cm³/mol. The van der Waals surface area contributed by atoms with Crippen LogP contribution < -0.4 is 10.1 Å². The van der Waals surface area contributed by atoms with Crippen molar-refractivity contribution in [1.29, 1.82) is 0 Å². The third-order valence-electron chi connectivity index (χ3n) is 3.47. The van der Waals surface area contributed by atoms with E-state index in [0.717, 1.165) is 12.8 Å². The van der Waals surface area contributed by atoms with Gasteiger partial charge < -0.3 is 19.5 Å². The van der Waals surface area contributed by atoms with Crippen LogP contribution >= 0.6 is 0 Å². The highest BCUT2D eigenvalue weighted by Gasteiger charge is 2.27. The van der Waals surface area contributed by atoms with E-state index in [1.807, 2.05) is 0 Å². The summed E-state index contributed by atoms with van der Waals surface area (Å²) in [5, 5.41) is 2.49. The van der Waals surface area contributed by atoms with Crippen molar-refractivity contribution in [2.24, 2.45) is 5.92 Å². The van der Waals surface area contributed by atoms with Crippen LogP contribution in [0.2, 0.25) is 0 Å². The van der Waals surface area contributed by atoms with Crippen molar-refractivity contribution in [3.8, 4) is 5.75 Å². The molecule has 0 aromatic carbocycles. The second-order valence-corrected chi connectivity index (χ2v) is 7.23. The van der Waals surface area contributed by atoms with Gasteiger partial charge in [-0.2, -0.15) is 0 Å². The van der Waals surface area contributed by atoms with Crippen LogP contribution in [0.1, 0.15) is 59.2 Å². The van der Waals surface area contributed by atoms with E-state index in [2.05, 4.69) is 24.1 Å². The summed E-state index contributed by atoms with van der Waals surface area (Å²) in [6, 6.07) is 2.29. The van der Waals surface area contributed by atoms with Gasteiger partial charge in [0.25, 0.3) is 0 Å². The van der Waals surface area contributed by atoms with Crippen molar-refractivity contribution in [2.75, 3.05) is 13.7 Å². The van der Waals surface area contributed by atoms with Crippen LogP contribution in [0.15, 0.2) is 18.3 Å². The third kappa shape index (κ3) is 7.72. The Labute approximate surface area is 155 Å². The van der Waals surface area contributed by atoms with Gasteiger partial charge in [0.1, 0.15) is 11.4 Å². The standard InChI is InChI=1S/C19H30N2O5/c1-7-8-13(2)12-25-14-9-10-15(20-11-14)16(17(22)24-6)21-18(23)26-19(3,4)5/h9-11,13,16H,7-8,12H2,1-6H3,(H,21,23). The maximum absolute atomic E-state index is 12.0. The quantitative estimate of drug-likeness (QED) is 0.707. The summed E-state index contributed by atoms with van der Waals surface area (Å²) in [6.07, 6.45) is 3.01. The molecule has 1 aromatic rings. The molecule has 2 unspecified atom stereocenters. The first kappa shape index (κ1) is 21.7. The summed E-state index contributed by atoms with van der Waals surface area (Å²) >= 11 is 0. The molecule has 0 radical (unpaired) electrons. The average molecular weight is 366 g/mol.